The number of fused-ring (bicyclic) bond motifs is 1. The van der Waals surface area contributed by atoms with Crippen LogP contribution in [0.25, 0.3) is 11.6 Å². The molecule has 120 valence electrons. The summed E-state index contributed by atoms with van der Waals surface area (Å²) in [6.45, 7) is 4.22. The Kier molecular flexibility index (Phi) is 4.03. The lowest BCUT2D eigenvalue weighted by atomic mass is 9.88. The molecule has 2 aromatic carbocycles. The molecule has 0 saturated heterocycles. The molecule has 1 aliphatic rings. The average molecular weight is 310 g/mol. The number of benzene rings is 2. The van der Waals surface area contributed by atoms with Crippen molar-refractivity contribution >= 4 is 11.6 Å². The Morgan fingerprint density at radius 1 is 0.957 bits per heavy atom. The molecule has 3 nitrogen and oxygen atoms in total. The number of hydrogen-bond acceptors (Lipinski definition) is 3. The molecule has 23 heavy (non-hydrogen) atoms. The van der Waals surface area contributed by atoms with Crippen molar-refractivity contribution in [2.45, 2.75) is 25.9 Å². The van der Waals surface area contributed by atoms with Gasteiger partial charge in [0, 0.05) is 18.1 Å². The second kappa shape index (κ2) is 5.99. The Balaban J connectivity index is 2.03. The first-order valence-electron chi connectivity index (χ1n) is 7.73. The quantitative estimate of drug-likeness (QED) is 0.814. The van der Waals surface area contributed by atoms with Crippen molar-refractivity contribution in [2.24, 2.45) is 0 Å². The lowest BCUT2D eigenvalue weighted by molar-refractivity contribution is 0.107. The maximum atomic E-state index is 6.13. The summed E-state index contributed by atoms with van der Waals surface area (Å²) in [5.74, 6) is 2.55. The van der Waals surface area contributed by atoms with Crippen molar-refractivity contribution in [1.29, 1.82) is 0 Å². The number of rotatable bonds is 3. The van der Waals surface area contributed by atoms with Crippen LogP contribution < -0.4 is 14.2 Å². The van der Waals surface area contributed by atoms with Gasteiger partial charge < -0.3 is 14.2 Å². The van der Waals surface area contributed by atoms with Crippen LogP contribution >= 0.6 is 0 Å². The number of methoxy groups -OCH3 is 2. The standard InChI is InChI=1S/C20H22O3/c1-20(2)13-15(11-14-5-7-16(21-3)8-6-14)18-10-9-17(22-4)12-19(18)23-20/h5-12H,13H2,1-4H3/b15-11-. The van der Waals surface area contributed by atoms with Crippen LogP contribution in [0.15, 0.2) is 42.5 Å². The van der Waals surface area contributed by atoms with Gasteiger partial charge in [-0.3, -0.25) is 0 Å². The van der Waals surface area contributed by atoms with E-state index in [-0.39, 0.29) is 5.60 Å². The summed E-state index contributed by atoms with van der Waals surface area (Å²) in [5, 5.41) is 0. The maximum absolute atomic E-state index is 6.13. The lowest BCUT2D eigenvalue weighted by Crippen LogP contribution is -2.32. The monoisotopic (exact) mass is 310 g/mol. The summed E-state index contributed by atoms with van der Waals surface area (Å²) in [4.78, 5) is 0. The summed E-state index contributed by atoms with van der Waals surface area (Å²) >= 11 is 0. The summed E-state index contributed by atoms with van der Waals surface area (Å²) in [6, 6.07) is 14.1. The first-order valence-corrected chi connectivity index (χ1v) is 7.73. The molecule has 0 amide bonds. The zero-order chi connectivity index (χ0) is 16.4. The van der Waals surface area contributed by atoms with Crippen molar-refractivity contribution in [1.82, 2.24) is 0 Å². The molecule has 3 rings (SSSR count). The average Bonchev–Trinajstić information content (AvgIpc) is 2.54. The van der Waals surface area contributed by atoms with Gasteiger partial charge in [0.05, 0.1) is 14.2 Å². The van der Waals surface area contributed by atoms with E-state index in [1.54, 1.807) is 14.2 Å². The van der Waals surface area contributed by atoms with E-state index >= 15 is 0 Å². The van der Waals surface area contributed by atoms with Crippen LogP contribution in [0.1, 0.15) is 31.4 Å². The molecule has 0 atom stereocenters. The molecule has 0 N–H and O–H groups in total. The SMILES string of the molecule is COc1ccc(/C=C2/CC(C)(C)Oc3cc(OC)ccc32)cc1. The Labute approximate surface area is 137 Å². The summed E-state index contributed by atoms with van der Waals surface area (Å²) < 4.78 is 16.7. The third-order valence-corrected chi connectivity index (χ3v) is 3.99. The molecule has 0 unspecified atom stereocenters. The van der Waals surface area contributed by atoms with Crippen LogP contribution in [-0.4, -0.2) is 19.8 Å². The van der Waals surface area contributed by atoms with E-state index in [2.05, 4.69) is 38.1 Å². The summed E-state index contributed by atoms with van der Waals surface area (Å²) in [6.07, 6.45) is 3.08. The highest BCUT2D eigenvalue weighted by Gasteiger charge is 2.30. The van der Waals surface area contributed by atoms with E-state index in [1.165, 1.54) is 5.57 Å². The molecule has 2 aromatic rings. The fraction of sp³-hybridized carbons (Fsp3) is 0.300. The molecule has 0 aliphatic carbocycles. The zero-order valence-corrected chi connectivity index (χ0v) is 14.1. The molecule has 0 saturated carbocycles. The number of ether oxygens (including phenoxy) is 3. The predicted octanol–water partition coefficient (Wildman–Crippen LogP) is 4.81. The minimum Gasteiger partial charge on any atom is -0.497 e. The normalized spacial score (nSPS) is 17.3. The molecular weight excluding hydrogens is 288 g/mol. The molecule has 3 heteroatoms. The second-order valence-corrected chi connectivity index (χ2v) is 6.34. The van der Waals surface area contributed by atoms with Gasteiger partial charge in [0.25, 0.3) is 0 Å². The molecule has 0 fully saturated rings. The van der Waals surface area contributed by atoms with E-state index < -0.39 is 0 Å². The zero-order valence-electron chi connectivity index (χ0n) is 14.1. The van der Waals surface area contributed by atoms with Gasteiger partial charge in [-0.1, -0.05) is 18.2 Å². The Bertz CT molecular complexity index is 727. The fourth-order valence-corrected chi connectivity index (χ4v) is 2.90. The predicted molar refractivity (Wildman–Crippen MR) is 93.2 cm³/mol. The van der Waals surface area contributed by atoms with Crippen LogP contribution in [0.3, 0.4) is 0 Å². The third kappa shape index (κ3) is 3.34. The highest BCUT2D eigenvalue weighted by molar-refractivity contribution is 5.85. The van der Waals surface area contributed by atoms with Gasteiger partial charge in [0.2, 0.25) is 0 Å². The largest absolute Gasteiger partial charge is 0.497 e. The van der Waals surface area contributed by atoms with Gasteiger partial charge >= 0.3 is 0 Å². The molecule has 1 heterocycles. The maximum Gasteiger partial charge on any atom is 0.131 e. The van der Waals surface area contributed by atoms with Crippen LogP contribution in [0.2, 0.25) is 0 Å². The lowest BCUT2D eigenvalue weighted by Gasteiger charge is -2.34. The van der Waals surface area contributed by atoms with Crippen LogP contribution in [0.4, 0.5) is 0 Å². The fourth-order valence-electron chi connectivity index (χ4n) is 2.90. The topological polar surface area (TPSA) is 27.7 Å². The van der Waals surface area contributed by atoms with Crippen molar-refractivity contribution in [3.05, 3.63) is 53.6 Å². The van der Waals surface area contributed by atoms with Crippen LogP contribution in [0, 0.1) is 0 Å². The molecule has 0 aromatic heterocycles. The minimum atomic E-state index is -0.238. The minimum absolute atomic E-state index is 0.238. The Hall–Kier alpha value is -2.42. The highest BCUT2D eigenvalue weighted by atomic mass is 16.5. The van der Waals surface area contributed by atoms with Crippen LogP contribution in [0.5, 0.6) is 17.2 Å². The van der Waals surface area contributed by atoms with E-state index in [9.17, 15) is 0 Å². The summed E-state index contributed by atoms with van der Waals surface area (Å²) in [5.41, 5.74) is 3.31. The summed E-state index contributed by atoms with van der Waals surface area (Å²) in [7, 11) is 3.35. The van der Waals surface area contributed by atoms with E-state index in [1.807, 2.05) is 24.3 Å². The van der Waals surface area contributed by atoms with Gasteiger partial charge in [0.1, 0.15) is 22.8 Å². The van der Waals surface area contributed by atoms with Gasteiger partial charge in [-0.2, -0.15) is 0 Å². The van der Waals surface area contributed by atoms with E-state index in [4.69, 9.17) is 14.2 Å². The van der Waals surface area contributed by atoms with Crippen molar-refractivity contribution < 1.29 is 14.2 Å². The van der Waals surface area contributed by atoms with Crippen molar-refractivity contribution in [3.8, 4) is 17.2 Å². The van der Waals surface area contributed by atoms with Gasteiger partial charge in [-0.15, -0.1) is 0 Å². The van der Waals surface area contributed by atoms with Crippen molar-refractivity contribution in [2.75, 3.05) is 14.2 Å². The first-order chi connectivity index (χ1) is 11.0. The molecule has 0 bridgehead atoms. The molecular formula is C20H22O3. The number of hydrogen-bond donors (Lipinski definition) is 0. The molecule has 1 aliphatic heterocycles. The Morgan fingerprint density at radius 2 is 1.61 bits per heavy atom. The molecule has 0 spiro atoms. The van der Waals surface area contributed by atoms with Gasteiger partial charge in [0.15, 0.2) is 0 Å². The van der Waals surface area contributed by atoms with Gasteiger partial charge in [-0.25, -0.2) is 0 Å². The highest BCUT2D eigenvalue weighted by Crippen LogP contribution is 2.42. The van der Waals surface area contributed by atoms with Crippen molar-refractivity contribution in [3.63, 3.8) is 0 Å². The Morgan fingerprint density at radius 3 is 2.26 bits per heavy atom. The van der Waals surface area contributed by atoms with E-state index in [0.29, 0.717) is 0 Å². The van der Waals surface area contributed by atoms with Crippen LogP contribution in [-0.2, 0) is 0 Å². The van der Waals surface area contributed by atoms with E-state index in [0.717, 1.165) is 34.8 Å². The smallest absolute Gasteiger partial charge is 0.131 e. The van der Waals surface area contributed by atoms with Gasteiger partial charge in [-0.05, 0) is 49.2 Å². The first kappa shape index (κ1) is 15.5. The molecule has 0 radical (unpaired) electrons. The second-order valence-electron chi connectivity index (χ2n) is 6.34. The third-order valence-electron chi connectivity index (χ3n) is 3.99.